The van der Waals surface area contributed by atoms with Gasteiger partial charge in [0.15, 0.2) is 0 Å². The highest BCUT2D eigenvalue weighted by Crippen LogP contribution is 2.31. The fourth-order valence-electron chi connectivity index (χ4n) is 1.76. The highest BCUT2D eigenvalue weighted by atomic mass is 35.5. The zero-order valence-electron chi connectivity index (χ0n) is 11.7. The number of nitro groups is 1. The number of carbonyl (C=O) groups is 1. The van der Waals surface area contributed by atoms with Crippen LogP contribution in [0.2, 0.25) is 5.02 Å². The maximum Gasteiger partial charge on any atom is 0.292 e. The van der Waals surface area contributed by atoms with Crippen LogP contribution in [-0.2, 0) is 4.79 Å². The van der Waals surface area contributed by atoms with Crippen LogP contribution in [0.5, 0.6) is 0 Å². The summed E-state index contributed by atoms with van der Waals surface area (Å²) in [4.78, 5) is 23.4. The number of nitro benzene ring substituents is 1. The number of hydrogen-bond acceptors (Lipinski definition) is 4. The number of nitrogens with zero attached hydrogens (tertiary/aromatic N) is 1. The zero-order valence-corrected chi connectivity index (χ0v) is 13.2. The molecule has 0 radical (unpaired) electrons. The van der Waals surface area contributed by atoms with Crippen LogP contribution >= 0.6 is 23.4 Å². The van der Waals surface area contributed by atoms with Gasteiger partial charge in [0, 0.05) is 11.0 Å². The molecule has 0 heterocycles. The van der Waals surface area contributed by atoms with Crippen LogP contribution in [0.1, 0.15) is 6.92 Å². The minimum absolute atomic E-state index is 0.134. The van der Waals surface area contributed by atoms with Crippen molar-refractivity contribution in [2.75, 3.05) is 5.32 Å². The summed E-state index contributed by atoms with van der Waals surface area (Å²) in [6.07, 6.45) is 0. The van der Waals surface area contributed by atoms with Gasteiger partial charge in [0.05, 0.1) is 15.2 Å². The third-order valence-corrected chi connectivity index (χ3v) is 4.49. The van der Waals surface area contributed by atoms with Gasteiger partial charge in [-0.2, -0.15) is 0 Å². The first-order valence-corrected chi connectivity index (χ1v) is 7.70. The number of anilines is 1. The predicted molar refractivity (Wildman–Crippen MR) is 88.5 cm³/mol. The highest BCUT2D eigenvalue weighted by molar-refractivity contribution is 8.00. The number of para-hydroxylation sites is 2. The van der Waals surface area contributed by atoms with E-state index in [-0.39, 0.29) is 17.3 Å². The number of hydrogen-bond donors (Lipinski definition) is 1. The first-order valence-electron chi connectivity index (χ1n) is 6.44. The average Bonchev–Trinajstić information content (AvgIpc) is 2.49. The van der Waals surface area contributed by atoms with E-state index in [9.17, 15) is 14.9 Å². The summed E-state index contributed by atoms with van der Waals surface area (Å²) in [5.74, 6) is -0.320. The third-order valence-electron chi connectivity index (χ3n) is 2.87. The number of halogens is 1. The Morgan fingerprint density at radius 1 is 1.23 bits per heavy atom. The maximum atomic E-state index is 12.2. The SMILES string of the molecule is C[C@@H](Sc1ccccc1Cl)C(=O)Nc1ccccc1[N+](=O)[O-]. The smallest absolute Gasteiger partial charge is 0.292 e. The molecule has 0 fully saturated rings. The molecule has 0 spiro atoms. The molecule has 2 aromatic rings. The summed E-state index contributed by atoms with van der Waals surface area (Å²) >= 11 is 7.36. The van der Waals surface area contributed by atoms with Crippen molar-refractivity contribution in [1.29, 1.82) is 0 Å². The van der Waals surface area contributed by atoms with Gasteiger partial charge < -0.3 is 5.32 Å². The average molecular weight is 337 g/mol. The molecule has 0 aliphatic heterocycles. The number of benzene rings is 2. The van der Waals surface area contributed by atoms with Crippen molar-refractivity contribution in [3.05, 3.63) is 63.7 Å². The van der Waals surface area contributed by atoms with Crippen molar-refractivity contribution in [1.82, 2.24) is 0 Å². The Balaban J connectivity index is 2.09. The van der Waals surface area contributed by atoms with Crippen LogP contribution in [0, 0.1) is 10.1 Å². The van der Waals surface area contributed by atoms with E-state index in [1.165, 1.54) is 23.9 Å². The minimum atomic E-state index is -0.526. The molecule has 0 unspecified atom stereocenters. The van der Waals surface area contributed by atoms with E-state index in [2.05, 4.69) is 5.32 Å². The molecule has 2 aromatic carbocycles. The van der Waals surface area contributed by atoms with Gasteiger partial charge in [-0.05, 0) is 25.1 Å². The Hall–Kier alpha value is -2.05. The molecule has 1 N–H and O–H groups in total. The van der Waals surface area contributed by atoms with E-state index in [0.717, 1.165) is 4.90 Å². The van der Waals surface area contributed by atoms with Crippen LogP contribution in [0.25, 0.3) is 0 Å². The minimum Gasteiger partial charge on any atom is -0.319 e. The molecule has 0 aromatic heterocycles. The quantitative estimate of drug-likeness (QED) is 0.500. The summed E-state index contributed by atoms with van der Waals surface area (Å²) in [5.41, 5.74) is 0.0508. The van der Waals surface area contributed by atoms with Crippen molar-refractivity contribution in [3.8, 4) is 0 Å². The molecule has 114 valence electrons. The topological polar surface area (TPSA) is 72.2 Å². The van der Waals surface area contributed by atoms with E-state index in [0.29, 0.717) is 5.02 Å². The molecule has 0 saturated carbocycles. The lowest BCUT2D eigenvalue weighted by Crippen LogP contribution is -2.22. The van der Waals surface area contributed by atoms with Crippen molar-refractivity contribution >= 4 is 40.6 Å². The Morgan fingerprint density at radius 3 is 2.55 bits per heavy atom. The molecule has 0 saturated heterocycles. The molecule has 0 aliphatic carbocycles. The van der Waals surface area contributed by atoms with Gasteiger partial charge in [-0.15, -0.1) is 11.8 Å². The second-order valence-corrected chi connectivity index (χ2v) is 6.24. The van der Waals surface area contributed by atoms with E-state index in [1.807, 2.05) is 18.2 Å². The summed E-state index contributed by atoms with van der Waals surface area (Å²) in [6, 6.07) is 13.2. The second kappa shape index (κ2) is 7.29. The maximum absolute atomic E-state index is 12.2. The van der Waals surface area contributed by atoms with Gasteiger partial charge >= 0.3 is 0 Å². The standard InChI is InChI=1S/C15H13ClN2O3S/c1-10(22-14-9-5-2-6-11(14)16)15(19)17-12-7-3-4-8-13(12)18(20)21/h2-10H,1H3,(H,17,19)/t10-/m1/s1. The molecule has 2 rings (SSSR count). The highest BCUT2D eigenvalue weighted by Gasteiger charge is 2.20. The fourth-order valence-corrected chi connectivity index (χ4v) is 2.91. The van der Waals surface area contributed by atoms with Crippen molar-refractivity contribution in [2.45, 2.75) is 17.1 Å². The lowest BCUT2D eigenvalue weighted by molar-refractivity contribution is -0.383. The summed E-state index contributed by atoms with van der Waals surface area (Å²) in [6.45, 7) is 1.72. The lowest BCUT2D eigenvalue weighted by Gasteiger charge is -2.12. The molecular formula is C15H13ClN2O3S. The molecule has 7 heteroatoms. The molecule has 5 nitrogen and oxygen atoms in total. The Labute approximate surface area is 136 Å². The summed E-state index contributed by atoms with van der Waals surface area (Å²) < 4.78 is 0. The Bertz CT molecular complexity index is 709. The van der Waals surface area contributed by atoms with Gasteiger partial charge in [0.25, 0.3) is 5.69 Å². The van der Waals surface area contributed by atoms with Crippen LogP contribution in [0.3, 0.4) is 0 Å². The number of amides is 1. The molecule has 22 heavy (non-hydrogen) atoms. The summed E-state index contributed by atoms with van der Waals surface area (Å²) in [7, 11) is 0. The summed E-state index contributed by atoms with van der Waals surface area (Å²) in [5, 5.41) is 13.6. The van der Waals surface area contributed by atoms with Crippen LogP contribution < -0.4 is 5.32 Å². The number of thioether (sulfide) groups is 1. The van der Waals surface area contributed by atoms with E-state index >= 15 is 0 Å². The zero-order chi connectivity index (χ0) is 16.1. The van der Waals surface area contributed by atoms with Crippen molar-refractivity contribution in [3.63, 3.8) is 0 Å². The third kappa shape index (κ3) is 3.99. The van der Waals surface area contributed by atoms with Crippen LogP contribution in [-0.4, -0.2) is 16.1 Å². The Morgan fingerprint density at radius 2 is 1.86 bits per heavy atom. The van der Waals surface area contributed by atoms with Crippen molar-refractivity contribution in [2.24, 2.45) is 0 Å². The molecule has 0 bridgehead atoms. The van der Waals surface area contributed by atoms with Gasteiger partial charge in [0.2, 0.25) is 5.91 Å². The molecule has 0 aliphatic rings. The van der Waals surface area contributed by atoms with Crippen molar-refractivity contribution < 1.29 is 9.72 Å². The van der Waals surface area contributed by atoms with E-state index < -0.39 is 10.2 Å². The Kier molecular flexibility index (Phi) is 5.41. The number of carbonyl (C=O) groups excluding carboxylic acids is 1. The molecule has 1 amide bonds. The number of nitrogens with one attached hydrogen (secondary N) is 1. The molecular weight excluding hydrogens is 324 g/mol. The molecule has 1 atom stereocenters. The fraction of sp³-hybridized carbons (Fsp3) is 0.133. The first kappa shape index (κ1) is 16.3. The van der Waals surface area contributed by atoms with E-state index in [4.69, 9.17) is 11.6 Å². The van der Waals surface area contributed by atoms with E-state index in [1.54, 1.807) is 25.1 Å². The normalized spacial score (nSPS) is 11.7. The van der Waals surface area contributed by atoms with Gasteiger partial charge in [0.1, 0.15) is 5.69 Å². The van der Waals surface area contributed by atoms with Gasteiger partial charge in [-0.1, -0.05) is 35.9 Å². The largest absolute Gasteiger partial charge is 0.319 e. The first-order chi connectivity index (χ1) is 10.5. The lowest BCUT2D eigenvalue weighted by atomic mass is 10.2. The second-order valence-electron chi connectivity index (χ2n) is 4.45. The number of rotatable bonds is 5. The van der Waals surface area contributed by atoms with Gasteiger partial charge in [-0.25, -0.2) is 0 Å². The predicted octanol–water partition coefficient (Wildman–Crippen LogP) is 4.37. The van der Waals surface area contributed by atoms with Crippen LogP contribution in [0.4, 0.5) is 11.4 Å². The van der Waals surface area contributed by atoms with Crippen LogP contribution in [0.15, 0.2) is 53.4 Å². The van der Waals surface area contributed by atoms with Gasteiger partial charge in [-0.3, -0.25) is 14.9 Å². The monoisotopic (exact) mass is 336 g/mol.